The van der Waals surface area contributed by atoms with Crippen LogP contribution < -0.4 is 0 Å². The monoisotopic (exact) mass is 780 g/mol. The molecule has 12 aromatic rings. The summed E-state index contributed by atoms with van der Waals surface area (Å²) in [7, 11) is 0. The summed E-state index contributed by atoms with van der Waals surface area (Å²) in [5.74, 6) is 1.72. The summed E-state index contributed by atoms with van der Waals surface area (Å²) in [6, 6.07) is 76.7. The lowest BCUT2D eigenvalue weighted by Crippen LogP contribution is -2.03. The Morgan fingerprint density at radius 2 is 0.787 bits per heavy atom. The highest BCUT2D eigenvalue weighted by molar-refractivity contribution is 6.09. The van der Waals surface area contributed by atoms with Crippen molar-refractivity contribution in [3.63, 3.8) is 0 Å². The molecule has 0 atom stereocenters. The molecule has 0 unspecified atom stereocenters. The zero-order valence-electron chi connectivity index (χ0n) is 33.0. The highest BCUT2D eigenvalue weighted by Gasteiger charge is 2.22. The number of benzene rings is 9. The van der Waals surface area contributed by atoms with Crippen LogP contribution in [0.3, 0.4) is 0 Å². The van der Waals surface area contributed by atoms with Crippen LogP contribution in [0.2, 0.25) is 0 Å². The lowest BCUT2D eigenvalue weighted by Gasteiger charge is -2.17. The third-order valence-electron chi connectivity index (χ3n) is 11.7. The van der Waals surface area contributed by atoms with E-state index in [0.717, 1.165) is 112 Å². The van der Waals surface area contributed by atoms with Gasteiger partial charge in [-0.2, -0.15) is 0 Å². The average Bonchev–Trinajstić information content (AvgIpc) is 4.04. The fourth-order valence-corrected chi connectivity index (χ4v) is 8.85. The summed E-state index contributed by atoms with van der Waals surface area (Å²) in [4.78, 5) is 10.8. The average molecular weight is 781 g/mol. The molecule has 286 valence electrons. The van der Waals surface area contributed by atoms with Crippen molar-refractivity contribution in [2.75, 3.05) is 0 Å². The molecule has 0 aliphatic carbocycles. The second-order valence-electron chi connectivity index (χ2n) is 15.4. The minimum absolute atomic E-state index is 0.851. The summed E-state index contributed by atoms with van der Waals surface area (Å²) < 4.78 is 11.3. The van der Waals surface area contributed by atoms with Gasteiger partial charge in [-0.3, -0.25) is 9.13 Å². The van der Waals surface area contributed by atoms with Crippen molar-refractivity contribution in [1.29, 1.82) is 0 Å². The fourth-order valence-electron chi connectivity index (χ4n) is 8.85. The zero-order valence-corrected chi connectivity index (χ0v) is 33.0. The fraction of sp³-hybridized carbons (Fsp3) is 0. The predicted molar refractivity (Wildman–Crippen MR) is 250 cm³/mol. The molecular formula is C56H36N4O. The van der Waals surface area contributed by atoms with Crippen LogP contribution in [-0.4, -0.2) is 19.1 Å². The normalized spacial score (nSPS) is 11.6. The number of rotatable bonds is 7. The quantitative estimate of drug-likeness (QED) is 0.162. The molecule has 0 amide bonds. The topological polar surface area (TPSA) is 48.8 Å². The predicted octanol–water partition coefficient (Wildman–Crippen LogP) is 14.6. The maximum absolute atomic E-state index is 6.70. The Labute approximate surface area is 352 Å². The SMILES string of the molecule is c1ccc(-c2ccc3c(c2)nc(-c2ccccc2)n3-c2cc(-c3cccc4c3oc3ccccc34)cc(-n3c(-c4ccccc4)nc4cc(-c5ccccc5)ccc43)c2)cc1. The maximum Gasteiger partial charge on any atom is 0.145 e. The Balaban J connectivity index is 1.16. The van der Waals surface area contributed by atoms with Crippen LogP contribution in [0.4, 0.5) is 0 Å². The highest BCUT2D eigenvalue weighted by atomic mass is 16.3. The van der Waals surface area contributed by atoms with E-state index in [2.05, 4.69) is 215 Å². The van der Waals surface area contributed by atoms with Crippen LogP contribution >= 0.6 is 0 Å². The number of hydrogen-bond acceptors (Lipinski definition) is 3. The molecule has 0 aliphatic rings. The lowest BCUT2D eigenvalue weighted by molar-refractivity contribution is 0.670. The minimum Gasteiger partial charge on any atom is -0.455 e. The van der Waals surface area contributed by atoms with E-state index in [1.807, 2.05) is 12.1 Å². The number of imidazole rings is 2. The molecule has 0 bridgehead atoms. The maximum atomic E-state index is 6.70. The van der Waals surface area contributed by atoms with Crippen molar-refractivity contribution < 1.29 is 4.42 Å². The number of nitrogens with zero attached hydrogens (tertiary/aromatic N) is 4. The molecule has 12 rings (SSSR count). The molecule has 0 N–H and O–H groups in total. The largest absolute Gasteiger partial charge is 0.455 e. The smallest absolute Gasteiger partial charge is 0.145 e. The van der Waals surface area contributed by atoms with Crippen LogP contribution in [0.25, 0.3) is 112 Å². The van der Waals surface area contributed by atoms with Gasteiger partial charge in [0.1, 0.15) is 22.8 Å². The van der Waals surface area contributed by atoms with Gasteiger partial charge in [0.25, 0.3) is 0 Å². The zero-order chi connectivity index (χ0) is 40.3. The van der Waals surface area contributed by atoms with Gasteiger partial charge in [-0.15, -0.1) is 0 Å². The van der Waals surface area contributed by atoms with Crippen LogP contribution in [-0.2, 0) is 0 Å². The van der Waals surface area contributed by atoms with Crippen LogP contribution in [0, 0.1) is 0 Å². The van der Waals surface area contributed by atoms with Gasteiger partial charge in [-0.05, 0) is 76.3 Å². The van der Waals surface area contributed by atoms with Crippen LogP contribution in [0.1, 0.15) is 0 Å². The van der Waals surface area contributed by atoms with Crippen molar-refractivity contribution in [2.24, 2.45) is 0 Å². The molecule has 61 heavy (non-hydrogen) atoms. The van der Waals surface area contributed by atoms with E-state index < -0.39 is 0 Å². The van der Waals surface area contributed by atoms with Gasteiger partial charge in [0.05, 0.1) is 33.4 Å². The van der Waals surface area contributed by atoms with Crippen molar-refractivity contribution in [3.8, 4) is 67.5 Å². The first-order valence-electron chi connectivity index (χ1n) is 20.6. The number of para-hydroxylation sites is 2. The standard InChI is InChI=1S/C56H36N4O/c1-5-16-37(17-6-1)41-28-30-51-49(34-41)57-55(39-20-9-3-10-21-39)59(51)44-32-43(46-25-15-26-48-47-24-13-14-27-53(47)61-54(46)48)33-45(36-44)60-52-31-29-42(38-18-7-2-8-19-38)35-50(52)58-56(60)40-22-11-4-12-23-40/h1-36H. The van der Waals surface area contributed by atoms with Gasteiger partial charge in [-0.1, -0.05) is 170 Å². The Bertz CT molecular complexity index is 3390. The summed E-state index contributed by atoms with van der Waals surface area (Å²) in [5, 5.41) is 2.18. The number of furan rings is 1. The molecule has 3 aromatic heterocycles. The summed E-state index contributed by atoms with van der Waals surface area (Å²) >= 11 is 0. The Morgan fingerprint density at radius 1 is 0.328 bits per heavy atom. The molecule has 0 saturated heterocycles. The molecule has 0 saturated carbocycles. The van der Waals surface area contributed by atoms with Crippen molar-refractivity contribution >= 4 is 44.0 Å². The van der Waals surface area contributed by atoms with Crippen LogP contribution in [0.15, 0.2) is 223 Å². The molecule has 5 heteroatoms. The third-order valence-corrected chi connectivity index (χ3v) is 11.7. The first-order chi connectivity index (χ1) is 30.2. The van der Waals surface area contributed by atoms with Gasteiger partial charge in [0.15, 0.2) is 0 Å². The Morgan fingerprint density at radius 3 is 1.31 bits per heavy atom. The Hall–Kier alpha value is -8.28. The molecule has 0 aliphatic heterocycles. The first-order valence-corrected chi connectivity index (χ1v) is 20.6. The minimum atomic E-state index is 0.851. The summed E-state index contributed by atoms with van der Waals surface area (Å²) in [6.07, 6.45) is 0. The van der Waals surface area contributed by atoms with E-state index in [-0.39, 0.29) is 0 Å². The van der Waals surface area contributed by atoms with Gasteiger partial charge in [-0.25, -0.2) is 9.97 Å². The van der Waals surface area contributed by atoms with Crippen LogP contribution in [0.5, 0.6) is 0 Å². The number of aromatic nitrogens is 4. The van der Waals surface area contributed by atoms with E-state index >= 15 is 0 Å². The van der Waals surface area contributed by atoms with Gasteiger partial charge >= 0.3 is 0 Å². The van der Waals surface area contributed by atoms with Crippen molar-refractivity contribution in [2.45, 2.75) is 0 Å². The van der Waals surface area contributed by atoms with E-state index in [1.54, 1.807) is 0 Å². The molecular weight excluding hydrogens is 745 g/mol. The summed E-state index contributed by atoms with van der Waals surface area (Å²) in [6.45, 7) is 0. The molecule has 9 aromatic carbocycles. The molecule has 3 heterocycles. The molecule has 0 spiro atoms. The van der Waals surface area contributed by atoms with E-state index in [9.17, 15) is 0 Å². The summed E-state index contributed by atoms with van der Waals surface area (Å²) in [5.41, 5.74) is 16.1. The lowest BCUT2D eigenvalue weighted by atomic mass is 10.0. The van der Waals surface area contributed by atoms with E-state index in [4.69, 9.17) is 14.4 Å². The molecule has 5 nitrogen and oxygen atoms in total. The highest BCUT2D eigenvalue weighted by Crippen LogP contribution is 2.41. The van der Waals surface area contributed by atoms with Gasteiger partial charge in [0, 0.05) is 27.5 Å². The van der Waals surface area contributed by atoms with E-state index in [0.29, 0.717) is 0 Å². The van der Waals surface area contributed by atoms with E-state index in [1.165, 1.54) is 0 Å². The first kappa shape index (κ1) is 34.7. The van der Waals surface area contributed by atoms with Gasteiger partial charge in [0.2, 0.25) is 0 Å². The van der Waals surface area contributed by atoms with Crippen molar-refractivity contribution in [3.05, 3.63) is 218 Å². The van der Waals surface area contributed by atoms with Crippen molar-refractivity contribution in [1.82, 2.24) is 19.1 Å². The second-order valence-corrected chi connectivity index (χ2v) is 15.4. The number of hydrogen-bond donors (Lipinski definition) is 0. The second kappa shape index (κ2) is 14.2. The van der Waals surface area contributed by atoms with Gasteiger partial charge < -0.3 is 4.42 Å². The number of fused-ring (bicyclic) bond motifs is 5. The molecule has 0 fully saturated rings. The Kier molecular flexibility index (Phi) is 8.10. The third kappa shape index (κ3) is 5.94. The molecule has 0 radical (unpaired) electrons.